The summed E-state index contributed by atoms with van der Waals surface area (Å²) in [7, 11) is -4.01. The molecule has 0 radical (unpaired) electrons. The third-order valence-corrected chi connectivity index (χ3v) is 2.87. The topological polar surface area (TPSA) is 60.2 Å². The number of alkyl halides is 3. The molecule has 0 aromatic rings. The van der Waals surface area contributed by atoms with E-state index in [0.717, 1.165) is 18.2 Å². The van der Waals surface area contributed by atoms with Gasteiger partial charge in [-0.1, -0.05) is 12.2 Å². The van der Waals surface area contributed by atoms with Crippen LogP contribution in [0.5, 0.6) is 0 Å². The van der Waals surface area contributed by atoms with Gasteiger partial charge in [0.2, 0.25) is 10.0 Å². The SMILES string of the molecule is NS(=O)(=O)C1=CC=CC(C(F)(F)F)C1. The highest BCUT2D eigenvalue weighted by molar-refractivity contribution is 7.93. The lowest BCUT2D eigenvalue weighted by Crippen LogP contribution is -2.26. The Kier molecular flexibility index (Phi) is 2.73. The molecule has 14 heavy (non-hydrogen) atoms. The Bertz CT molecular complexity index is 380. The summed E-state index contributed by atoms with van der Waals surface area (Å²) in [4.78, 5) is -0.387. The van der Waals surface area contributed by atoms with Crippen LogP contribution in [0.2, 0.25) is 0 Å². The maximum absolute atomic E-state index is 12.2. The van der Waals surface area contributed by atoms with Crippen molar-refractivity contribution in [2.75, 3.05) is 0 Å². The summed E-state index contributed by atoms with van der Waals surface area (Å²) < 4.78 is 58.1. The van der Waals surface area contributed by atoms with Gasteiger partial charge in [0.25, 0.3) is 0 Å². The Morgan fingerprint density at radius 1 is 1.43 bits per heavy atom. The number of sulfonamides is 1. The predicted molar refractivity (Wildman–Crippen MR) is 44.5 cm³/mol. The lowest BCUT2D eigenvalue weighted by molar-refractivity contribution is -0.160. The molecule has 0 spiro atoms. The molecule has 0 saturated carbocycles. The van der Waals surface area contributed by atoms with Gasteiger partial charge in [-0.3, -0.25) is 0 Å². The van der Waals surface area contributed by atoms with Crippen LogP contribution in [0.25, 0.3) is 0 Å². The van der Waals surface area contributed by atoms with Crippen LogP contribution in [-0.2, 0) is 10.0 Å². The van der Waals surface area contributed by atoms with E-state index in [1.165, 1.54) is 0 Å². The van der Waals surface area contributed by atoms with Crippen LogP contribution in [0.15, 0.2) is 23.1 Å². The smallest absolute Gasteiger partial charge is 0.225 e. The van der Waals surface area contributed by atoms with Gasteiger partial charge >= 0.3 is 6.18 Å². The summed E-state index contributed by atoms with van der Waals surface area (Å²) in [6.07, 6.45) is -1.99. The molecule has 1 unspecified atom stereocenters. The zero-order valence-electron chi connectivity index (χ0n) is 6.95. The second-order valence-electron chi connectivity index (χ2n) is 2.92. The minimum atomic E-state index is -4.43. The first-order valence-corrected chi connectivity index (χ1v) is 5.23. The standard InChI is InChI=1S/C7H8F3NO2S/c8-7(9,10)5-2-1-3-6(4-5)14(11,12)13/h1-3,5H,4H2,(H2,11,12,13). The fourth-order valence-electron chi connectivity index (χ4n) is 1.09. The second kappa shape index (κ2) is 3.39. The monoisotopic (exact) mass is 227 g/mol. The average molecular weight is 227 g/mol. The molecule has 2 N–H and O–H groups in total. The molecule has 1 rings (SSSR count). The van der Waals surface area contributed by atoms with E-state index >= 15 is 0 Å². The van der Waals surface area contributed by atoms with E-state index in [0.29, 0.717) is 0 Å². The molecular weight excluding hydrogens is 219 g/mol. The number of hydrogen-bond acceptors (Lipinski definition) is 2. The summed E-state index contributed by atoms with van der Waals surface area (Å²) >= 11 is 0. The molecule has 0 heterocycles. The Morgan fingerprint density at radius 2 is 2.00 bits per heavy atom. The molecule has 0 fully saturated rings. The van der Waals surface area contributed by atoms with Gasteiger partial charge in [-0.05, 0) is 12.5 Å². The number of nitrogens with two attached hydrogens (primary N) is 1. The fourth-order valence-corrected chi connectivity index (χ4v) is 1.77. The van der Waals surface area contributed by atoms with Crippen LogP contribution in [0.3, 0.4) is 0 Å². The van der Waals surface area contributed by atoms with Crippen LogP contribution in [-0.4, -0.2) is 14.6 Å². The molecule has 1 atom stereocenters. The number of hydrogen-bond donors (Lipinski definition) is 1. The van der Waals surface area contributed by atoms with Crippen LogP contribution in [0.1, 0.15) is 6.42 Å². The number of primary sulfonamides is 1. The first-order valence-electron chi connectivity index (χ1n) is 3.68. The van der Waals surface area contributed by atoms with Gasteiger partial charge in [-0.25, -0.2) is 13.6 Å². The normalized spacial score (nSPS) is 23.4. The predicted octanol–water partition coefficient (Wildman–Crippen LogP) is 1.30. The molecule has 0 amide bonds. The van der Waals surface area contributed by atoms with E-state index in [1.807, 2.05) is 0 Å². The summed E-state index contributed by atoms with van der Waals surface area (Å²) in [5.41, 5.74) is 0. The highest BCUT2D eigenvalue weighted by atomic mass is 32.2. The first-order chi connectivity index (χ1) is 6.21. The van der Waals surface area contributed by atoms with E-state index in [-0.39, 0.29) is 4.91 Å². The van der Waals surface area contributed by atoms with Crippen molar-refractivity contribution in [2.45, 2.75) is 12.6 Å². The molecule has 7 heteroatoms. The maximum Gasteiger partial charge on any atom is 0.395 e. The van der Waals surface area contributed by atoms with Crippen molar-refractivity contribution in [3.8, 4) is 0 Å². The Balaban J connectivity index is 2.91. The summed E-state index contributed by atoms with van der Waals surface area (Å²) in [6.45, 7) is 0. The lowest BCUT2D eigenvalue weighted by atomic mass is 10.0. The minimum absolute atomic E-state index is 0.387. The second-order valence-corrected chi connectivity index (χ2v) is 4.53. The molecule has 0 bridgehead atoms. The van der Waals surface area contributed by atoms with Crippen molar-refractivity contribution in [1.82, 2.24) is 0 Å². The number of halogens is 3. The molecule has 80 valence electrons. The molecule has 0 aliphatic heterocycles. The number of allylic oxidation sites excluding steroid dienone is 4. The lowest BCUT2D eigenvalue weighted by Gasteiger charge is -2.19. The summed E-state index contributed by atoms with van der Waals surface area (Å²) in [6, 6.07) is 0. The van der Waals surface area contributed by atoms with E-state index in [1.54, 1.807) is 0 Å². The summed E-state index contributed by atoms with van der Waals surface area (Å²) in [5, 5.41) is 4.72. The largest absolute Gasteiger partial charge is 0.395 e. The Labute approximate surface area is 79.1 Å². The average Bonchev–Trinajstić information content (AvgIpc) is 2.01. The molecule has 1 aliphatic rings. The summed E-state index contributed by atoms with van der Waals surface area (Å²) in [5.74, 6) is -1.76. The molecule has 1 aliphatic carbocycles. The van der Waals surface area contributed by atoms with Crippen molar-refractivity contribution >= 4 is 10.0 Å². The molecule has 0 aromatic heterocycles. The third-order valence-electron chi connectivity index (χ3n) is 1.83. The van der Waals surface area contributed by atoms with Crippen LogP contribution in [0.4, 0.5) is 13.2 Å². The zero-order chi connectivity index (χ0) is 11.0. The molecule has 3 nitrogen and oxygen atoms in total. The van der Waals surface area contributed by atoms with Gasteiger partial charge in [0.15, 0.2) is 0 Å². The van der Waals surface area contributed by atoms with E-state index in [2.05, 4.69) is 0 Å². The van der Waals surface area contributed by atoms with Gasteiger partial charge in [0.05, 0.1) is 10.8 Å². The highest BCUT2D eigenvalue weighted by Gasteiger charge is 2.40. The first kappa shape index (κ1) is 11.3. The maximum atomic E-state index is 12.2. The number of rotatable bonds is 1. The van der Waals surface area contributed by atoms with Crippen LogP contribution < -0.4 is 5.14 Å². The molecule has 0 aromatic carbocycles. The molecule has 0 saturated heterocycles. The van der Waals surface area contributed by atoms with Crippen molar-refractivity contribution < 1.29 is 21.6 Å². The fraction of sp³-hybridized carbons (Fsp3) is 0.429. The highest BCUT2D eigenvalue weighted by Crippen LogP contribution is 2.35. The van der Waals surface area contributed by atoms with Gasteiger partial charge in [0.1, 0.15) is 0 Å². The Morgan fingerprint density at radius 3 is 2.43 bits per heavy atom. The third kappa shape index (κ3) is 2.58. The van der Waals surface area contributed by atoms with Crippen molar-refractivity contribution in [1.29, 1.82) is 0 Å². The minimum Gasteiger partial charge on any atom is -0.225 e. The van der Waals surface area contributed by atoms with Crippen molar-refractivity contribution in [3.05, 3.63) is 23.1 Å². The van der Waals surface area contributed by atoms with Gasteiger partial charge in [0, 0.05) is 0 Å². The van der Waals surface area contributed by atoms with Gasteiger partial charge in [-0.15, -0.1) is 0 Å². The van der Waals surface area contributed by atoms with Crippen molar-refractivity contribution in [3.63, 3.8) is 0 Å². The van der Waals surface area contributed by atoms with Gasteiger partial charge in [-0.2, -0.15) is 13.2 Å². The zero-order valence-corrected chi connectivity index (χ0v) is 7.77. The van der Waals surface area contributed by atoms with E-state index in [9.17, 15) is 21.6 Å². The quantitative estimate of drug-likeness (QED) is 0.733. The van der Waals surface area contributed by atoms with E-state index < -0.39 is 28.5 Å². The van der Waals surface area contributed by atoms with E-state index in [4.69, 9.17) is 5.14 Å². The van der Waals surface area contributed by atoms with Crippen LogP contribution in [0, 0.1) is 5.92 Å². The van der Waals surface area contributed by atoms with Gasteiger partial charge < -0.3 is 0 Å². The Hall–Kier alpha value is -0.820. The molecular formula is C7H8F3NO2S. The van der Waals surface area contributed by atoms with Crippen molar-refractivity contribution in [2.24, 2.45) is 11.1 Å². The van der Waals surface area contributed by atoms with Crippen LogP contribution >= 0.6 is 0 Å².